The second-order valence-electron chi connectivity index (χ2n) is 5.91. The summed E-state index contributed by atoms with van der Waals surface area (Å²) in [4.78, 5) is 11.4. The van der Waals surface area contributed by atoms with E-state index in [2.05, 4.69) is 34.2 Å². The van der Waals surface area contributed by atoms with Gasteiger partial charge < -0.3 is 49.7 Å². The van der Waals surface area contributed by atoms with E-state index in [0.717, 1.165) is 39.7 Å². The van der Waals surface area contributed by atoms with Crippen molar-refractivity contribution in [2.75, 3.05) is 7.11 Å². The Kier molecular flexibility index (Phi) is 11.7. The lowest BCUT2D eigenvalue weighted by atomic mass is 10.0. The first kappa shape index (κ1) is 27.4. The summed E-state index contributed by atoms with van der Waals surface area (Å²) >= 11 is 0. The number of benzene rings is 1. The molecule has 158 valence electrons. The number of pyridine rings is 3. The van der Waals surface area contributed by atoms with E-state index in [0.29, 0.717) is 0 Å². The number of nitrogens with one attached hydrogen (secondary N) is 2. The maximum absolute atomic E-state index is 5.27. The monoisotopic (exact) mass is 535 g/mol. The normalized spacial score (nSPS) is 9.10. The van der Waals surface area contributed by atoms with E-state index in [1.54, 1.807) is 7.11 Å². The Morgan fingerprint density at radius 1 is 0.667 bits per heavy atom. The van der Waals surface area contributed by atoms with Crippen LogP contribution in [0.5, 0.6) is 5.75 Å². The van der Waals surface area contributed by atoms with E-state index in [4.69, 9.17) is 9.72 Å². The van der Waals surface area contributed by atoms with Crippen LogP contribution in [0.2, 0.25) is 0 Å². The van der Waals surface area contributed by atoms with E-state index >= 15 is 0 Å². The van der Waals surface area contributed by atoms with Crippen LogP contribution >= 0.6 is 0 Å². The number of hydrogen-bond donors (Lipinski definition) is 0. The Morgan fingerprint density at radius 3 is 1.57 bits per heavy atom. The van der Waals surface area contributed by atoms with Gasteiger partial charge in [0.2, 0.25) is 11.4 Å². The third-order valence-corrected chi connectivity index (χ3v) is 4.22. The number of methoxy groups -OCH3 is 1. The van der Waals surface area contributed by atoms with Crippen molar-refractivity contribution in [3.63, 3.8) is 0 Å². The Labute approximate surface area is 196 Å². The molecule has 0 fully saturated rings. The van der Waals surface area contributed by atoms with Gasteiger partial charge in [0.25, 0.3) is 0 Å². The molecule has 1 aromatic carbocycles. The highest BCUT2D eigenvalue weighted by Gasteiger charge is 2.14. The van der Waals surface area contributed by atoms with Crippen LogP contribution in [0, 0.1) is 0 Å². The van der Waals surface area contributed by atoms with Crippen molar-refractivity contribution in [2.45, 2.75) is 0 Å². The van der Waals surface area contributed by atoms with Gasteiger partial charge in [-0.05, 0) is 47.5 Å². The molecule has 6 N–H and O–H groups in total. The van der Waals surface area contributed by atoms with Crippen LogP contribution < -0.4 is 48.7 Å². The average molecular weight is 537 g/mol. The summed E-state index contributed by atoms with van der Waals surface area (Å²) in [6.45, 7) is 0. The third kappa shape index (κ3) is 6.17. The van der Waals surface area contributed by atoms with E-state index in [1.165, 1.54) is 0 Å². The molecule has 0 saturated carbocycles. The van der Waals surface area contributed by atoms with Crippen molar-refractivity contribution < 1.29 is 59.6 Å². The molecule has 4 aromatic rings. The van der Waals surface area contributed by atoms with Crippen LogP contribution in [0.3, 0.4) is 0 Å². The first-order chi connectivity index (χ1) is 12.8. The van der Waals surface area contributed by atoms with Crippen molar-refractivity contribution >= 4 is 0 Å². The Balaban J connectivity index is 0.00000210. The zero-order valence-electron chi connectivity index (χ0n) is 16.2. The van der Waals surface area contributed by atoms with Gasteiger partial charge >= 0.3 is 0 Å². The van der Waals surface area contributed by atoms with Crippen LogP contribution in [0.4, 0.5) is 0 Å². The molecule has 30 heavy (non-hydrogen) atoms. The number of hydrogen-bond acceptors (Lipinski definition) is 2. The first-order valence-corrected chi connectivity index (χ1v) is 8.44. The SMILES string of the molecule is COc1ccc(-c2cc(-c3cccc[nH+]3)nc(-c3cccc[nH+]3)c2)cc1.O.O.[Br-].[Br-]. The standard InChI is InChI=1S/C22H17N3O.2BrH.2H2O/c1-26-18-10-8-16(9-11-18)17-14-21(19-6-2-4-12-23-19)25-22(15-17)20-7-3-5-13-24-20;;;;/h2-15H,1H3;2*1H;2*1H2. The number of halogens is 2. The number of aromatic amines is 2. The Morgan fingerprint density at radius 2 is 1.17 bits per heavy atom. The number of H-pyrrole nitrogens is 2. The minimum Gasteiger partial charge on any atom is -1.00 e. The molecule has 0 amide bonds. The van der Waals surface area contributed by atoms with Crippen molar-refractivity contribution in [1.29, 1.82) is 0 Å². The highest BCUT2D eigenvalue weighted by atomic mass is 79.9. The highest BCUT2D eigenvalue weighted by molar-refractivity contribution is 5.73. The van der Waals surface area contributed by atoms with Gasteiger partial charge in [0, 0.05) is 24.3 Å². The molecule has 0 aliphatic heterocycles. The highest BCUT2D eigenvalue weighted by Crippen LogP contribution is 2.28. The Hall–Kier alpha value is -2.65. The molecule has 3 aromatic heterocycles. The molecule has 0 bridgehead atoms. The van der Waals surface area contributed by atoms with Crippen LogP contribution in [-0.2, 0) is 0 Å². The summed E-state index contributed by atoms with van der Waals surface area (Å²) in [6, 6.07) is 24.2. The fourth-order valence-corrected chi connectivity index (χ4v) is 2.86. The molecule has 0 aliphatic rings. The second kappa shape index (κ2) is 12.8. The van der Waals surface area contributed by atoms with Crippen LogP contribution in [0.25, 0.3) is 33.9 Å². The van der Waals surface area contributed by atoms with Crippen LogP contribution in [-0.4, -0.2) is 23.0 Å². The molecule has 0 saturated heterocycles. The summed E-state index contributed by atoms with van der Waals surface area (Å²) in [5, 5.41) is 0. The molecule has 0 atom stereocenters. The average Bonchev–Trinajstić information content (AvgIpc) is 2.75. The van der Waals surface area contributed by atoms with E-state index in [9.17, 15) is 0 Å². The van der Waals surface area contributed by atoms with Crippen molar-refractivity contribution in [3.8, 4) is 39.7 Å². The summed E-state index contributed by atoms with van der Waals surface area (Å²) in [5.41, 5.74) is 5.95. The van der Waals surface area contributed by atoms with Gasteiger partial charge in [0.05, 0.1) is 7.11 Å². The maximum atomic E-state index is 5.27. The molecule has 6 nitrogen and oxygen atoms in total. The van der Waals surface area contributed by atoms with E-state index in [-0.39, 0.29) is 44.9 Å². The zero-order chi connectivity index (χ0) is 17.8. The summed E-state index contributed by atoms with van der Waals surface area (Å²) in [7, 11) is 1.67. The third-order valence-electron chi connectivity index (χ3n) is 4.22. The Bertz CT molecular complexity index is 961. The van der Waals surface area contributed by atoms with E-state index < -0.39 is 0 Å². The molecule has 4 rings (SSSR count). The quantitative estimate of drug-likeness (QED) is 0.265. The van der Waals surface area contributed by atoms with E-state index in [1.807, 2.05) is 60.9 Å². The van der Waals surface area contributed by atoms with Gasteiger partial charge in [-0.25, -0.2) is 15.0 Å². The van der Waals surface area contributed by atoms with Gasteiger partial charge in [0.15, 0.2) is 12.4 Å². The first-order valence-electron chi connectivity index (χ1n) is 8.44. The summed E-state index contributed by atoms with van der Waals surface area (Å²) in [6.07, 6.45) is 3.82. The van der Waals surface area contributed by atoms with Gasteiger partial charge in [-0.15, -0.1) is 0 Å². The predicted molar refractivity (Wildman–Crippen MR) is 107 cm³/mol. The summed E-state index contributed by atoms with van der Waals surface area (Å²) in [5.74, 6) is 0.844. The lowest BCUT2D eigenvalue weighted by Crippen LogP contribution is -3.00. The fraction of sp³-hybridized carbons (Fsp3) is 0.0455. The minimum absolute atomic E-state index is 0. The lowest BCUT2D eigenvalue weighted by Gasteiger charge is -2.07. The molecular formula is C22H23Br2N3O3. The number of ether oxygens (including phenoxy) is 1. The topological polar surface area (TPSA) is 113 Å². The molecule has 0 unspecified atom stereocenters. The smallest absolute Gasteiger partial charge is 0.229 e. The van der Waals surface area contributed by atoms with Gasteiger partial charge in [0.1, 0.15) is 17.1 Å². The lowest BCUT2D eigenvalue weighted by molar-refractivity contribution is -0.365. The van der Waals surface area contributed by atoms with Crippen LogP contribution in [0.15, 0.2) is 85.2 Å². The molecule has 8 heteroatoms. The predicted octanol–water partition coefficient (Wildman–Crippen LogP) is -3.92. The maximum Gasteiger partial charge on any atom is 0.229 e. The molecular weight excluding hydrogens is 514 g/mol. The van der Waals surface area contributed by atoms with Crippen molar-refractivity contribution in [1.82, 2.24) is 4.98 Å². The van der Waals surface area contributed by atoms with Crippen molar-refractivity contribution in [2.24, 2.45) is 0 Å². The number of rotatable bonds is 4. The summed E-state index contributed by atoms with van der Waals surface area (Å²) < 4.78 is 5.27. The number of nitrogens with zero attached hydrogens (tertiary/aromatic N) is 1. The molecule has 0 spiro atoms. The fourth-order valence-electron chi connectivity index (χ4n) is 2.86. The van der Waals surface area contributed by atoms with Gasteiger partial charge in [-0.1, -0.05) is 12.1 Å². The van der Waals surface area contributed by atoms with Crippen molar-refractivity contribution in [3.05, 3.63) is 85.2 Å². The minimum atomic E-state index is 0. The molecule has 0 radical (unpaired) electrons. The number of aromatic nitrogens is 3. The molecule has 0 aliphatic carbocycles. The van der Waals surface area contributed by atoms with Crippen LogP contribution in [0.1, 0.15) is 0 Å². The zero-order valence-corrected chi connectivity index (χ0v) is 19.4. The largest absolute Gasteiger partial charge is 1.00 e. The van der Waals surface area contributed by atoms with Gasteiger partial charge in [-0.3, -0.25) is 0 Å². The molecule has 3 heterocycles. The second-order valence-corrected chi connectivity index (χ2v) is 5.91. The van der Waals surface area contributed by atoms with Gasteiger partial charge in [-0.2, -0.15) is 0 Å².